The van der Waals surface area contributed by atoms with Gasteiger partial charge in [0, 0.05) is 32.0 Å². The second kappa shape index (κ2) is 6.76. The van der Waals surface area contributed by atoms with Crippen molar-refractivity contribution in [2.45, 2.75) is 19.8 Å². The normalized spacial score (nSPS) is 17.7. The number of likely N-dealkylation sites (tertiary alicyclic amines) is 1. The first kappa shape index (κ1) is 16.1. The van der Waals surface area contributed by atoms with Crippen LogP contribution in [0, 0.1) is 18.7 Å². The third-order valence-corrected chi connectivity index (χ3v) is 5.28. The molecule has 23 heavy (non-hydrogen) atoms. The number of aliphatic hydroxyl groups excluding tert-OH is 1. The number of rotatable bonds is 4. The minimum atomic E-state index is -0.257. The van der Waals surface area contributed by atoms with E-state index in [4.69, 9.17) is 0 Å². The highest BCUT2D eigenvalue weighted by molar-refractivity contribution is 7.13. The van der Waals surface area contributed by atoms with Crippen molar-refractivity contribution in [3.8, 4) is 0 Å². The number of thiazole rings is 1. The quantitative estimate of drug-likeness (QED) is 0.935. The lowest BCUT2D eigenvalue weighted by Gasteiger charge is -2.15. The summed E-state index contributed by atoms with van der Waals surface area (Å²) in [5.41, 5.74) is 1.71. The lowest BCUT2D eigenvalue weighted by Crippen LogP contribution is -2.29. The fraction of sp³-hybridized carbons (Fsp3) is 0.412. The number of aromatic nitrogens is 1. The van der Waals surface area contributed by atoms with Crippen LogP contribution < -0.4 is 0 Å². The Morgan fingerprint density at radius 1 is 1.43 bits per heavy atom. The standard InChI is InChI=1S/C17H19FN2O2S/c1-11-16(17(22)20-7-6-13(9-20)10-21)23-15(19-11)8-12-2-4-14(18)5-3-12/h2-5,13,21H,6-10H2,1H3. The van der Waals surface area contributed by atoms with Gasteiger partial charge in [0.05, 0.1) is 10.7 Å². The fourth-order valence-electron chi connectivity index (χ4n) is 2.81. The number of hydrogen-bond donors (Lipinski definition) is 1. The third-order valence-electron chi connectivity index (χ3n) is 4.14. The minimum Gasteiger partial charge on any atom is -0.396 e. The highest BCUT2D eigenvalue weighted by Crippen LogP contribution is 2.25. The first-order valence-electron chi connectivity index (χ1n) is 7.67. The van der Waals surface area contributed by atoms with Gasteiger partial charge in [-0.3, -0.25) is 4.79 Å². The molecule has 2 aromatic rings. The summed E-state index contributed by atoms with van der Waals surface area (Å²) in [6.07, 6.45) is 1.45. The van der Waals surface area contributed by atoms with Crippen LogP contribution in [0.1, 0.15) is 32.4 Å². The number of hydrogen-bond acceptors (Lipinski definition) is 4. The van der Waals surface area contributed by atoms with Crippen LogP contribution in [0.4, 0.5) is 4.39 Å². The average Bonchev–Trinajstić information content (AvgIpc) is 3.15. The molecule has 1 aromatic carbocycles. The maximum absolute atomic E-state index is 13.0. The monoisotopic (exact) mass is 334 g/mol. The van der Waals surface area contributed by atoms with Crippen molar-refractivity contribution < 1.29 is 14.3 Å². The Morgan fingerprint density at radius 3 is 2.83 bits per heavy atom. The molecule has 1 N–H and O–H groups in total. The zero-order valence-electron chi connectivity index (χ0n) is 13.0. The van der Waals surface area contributed by atoms with Crippen LogP contribution in [-0.2, 0) is 6.42 Å². The van der Waals surface area contributed by atoms with Crippen LogP contribution in [0.5, 0.6) is 0 Å². The highest BCUT2D eigenvalue weighted by atomic mass is 32.1. The average molecular weight is 334 g/mol. The maximum Gasteiger partial charge on any atom is 0.265 e. The van der Waals surface area contributed by atoms with E-state index in [2.05, 4.69) is 4.98 Å². The van der Waals surface area contributed by atoms with E-state index in [1.54, 1.807) is 17.0 Å². The van der Waals surface area contributed by atoms with E-state index in [1.807, 2.05) is 6.92 Å². The molecule has 2 heterocycles. The van der Waals surface area contributed by atoms with Gasteiger partial charge in [0.25, 0.3) is 5.91 Å². The minimum absolute atomic E-state index is 0.00121. The largest absolute Gasteiger partial charge is 0.396 e. The van der Waals surface area contributed by atoms with E-state index in [1.165, 1.54) is 23.5 Å². The van der Waals surface area contributed by atoms with Crippen LogP contribution in [0.25, 0.3) is 0 Å². The molecule has 1 amide bonds. The Hall–Kier alpha value is -1.79. The summed E-state index contributed by atoms with van der Waals surface area (Å²) >= 11 is 1.40. The van der Waals surface area contributed by atoms with Crippen LogP contribution in [0.3, 0.4) is 0 Å². The predicted molar refractivity (Wildman–Crippen MR) is 87.2 cm³/mol. The molecule has 1 aliphatic rings. The Bertz CT molecular complexity index is 699. The van der Waals surface area contributed by atoms with Crippen molar-refractivity contribution in [1.82, 2.24) is 9.88 Å². The SMILES string of the molecule is Cc1nc(Cc2ccc(F)cc2)sc1C(=O)N1CCC(CO)C1. The second-order valence-electron chi connectivity index (χ2n) is 5.91. The van der Waals surface area contributed by atoms with Gasteiger partial charge in [-0.2, -0.15) is 0 Å². The summed E-state index contributed by atoms with van der Waals surface area (Å²) in [6.45, 7) is 3.27. The fourth-order valence-corrected chi connectivity index (χ4v) is 3.88. The van der Waals surface area contributed by atoms with Crippen molar-refractivity contribution in [2.24, 2.45) is 5.92 Å². The van der Waals surface area contributed by atoms with Gasteiger partial charge in [0.15, 0.2) is 0 Å². The molecule has 0 spiro atoms. The molecule has 4 nitrogen and oxygen atoms in total. The number of amides is 1. The molecule has 0 bridgehead atoms. The van der Waals surface area contributed by atoms with E-state index in [0.29, 0.717) is 24.4 Å². The summed E-state index contributed by atoms with van der Waals surface area (Å²) < 4.78 is 13.0. The summed E-state index contributed by atoms with van der Waals surface area (Å²) in [4.78, 5) is 19.6. The van der Waals surface area contributed by atoms with Gasteiger partial charge in [-0.1, -0.05) is 12.1 Å². The number of carbonyl (C=O) groups excluding carboxylic acids is 1. The Kier molecular flexibility index (Phi) is 4.73. The van der Waals surface area contributed by atoms with E-state index in [0.717, 1.165) is 22.7 Å². The van der Waals surface area contributed by atoms with Gasteiger partial charge in [0.2, 0.25) is 0 Å². The zero-order chi connectivity index (χ0) is 16.4. The molecule has 1 saturated heterocycles. The number of aryl methyl sites for hydroxylation is 1. The Labute approximate surface area is 138 Å². The molecular weight excluding hydrogens is 315 g/mol. The van der Waals surface area contributed by atoms with Gasteiger partial charge < -0.3 is 10.0 Å². The van der Waals surface area contributed by atoms with Crippen molar-refractivity contribution in [3.63, 3.8) is 0 Å². The summed E-state index contributed by atoms with van der Waals surface area (Å²) in [6, 6.07) is 6.34. The molecule has 1 fully saturated rings. The number of benzene rings is 1. The first-order valence-corrected chi connectivity index (χ1v) is 8.49. The third kappa shape index (κ3) is 3.59. The Morgan fingerprint density at radius 2 is 2.17 bits per heavy atom. The lowest BCUT2D eigenvalue weighted by atomic mass is 10.1. The molecule has 0 aliphatic carbocycles. The summed E-state index contributed by atoms with van der Waals surface area (Å²) in [5.74, 6) is -0.0698. The van der Waals surface area contributed by atoms with Crippen LogP contribution in [0.2, 0.25) is 0 Å². The van der Waals surface area contributed by atoms with Gasteiger partial charge in [-0.25, -0.2) is 9.37 Å². The van der Waals surface area contributed by atoms with Crippen molar-refractivity contribution in [1.29, 1.82) is 0 Å². The smallest absolute Gasteiger partial charge is 0.265 e. The maximum atomic E-state index is 13.0. The van der Waals surface area contributed by atoms with E-state index >= 15 is 0 Å². The van der Waals surface area contributed by atoms with Crippen LogP contribution >= 0.6 is 11.3 Å². The van der Waals surface area contributed by atoms with Crippen LogP contribution in [0.15, 0.2) is 24.3 Å². The number of aliphatic hydroxyl groups is 1. The molecule has 6 heteroatoms. The van der Waals surface area contributed by atoms with Crippen LogP contribution in [-0.4, -0.2) is 40.6 Å². The van der Waals surface area contributed by atoms with E-state index in [-0.39, 0.29) is 24.2 Å². The molecule has 1 aromatic heterocycles. The molecule has 1 aliphatic heterocycles. The molecule has 3 rings (SSSR count). The molecule has 1 atom stereocenters. The molecule has 0 saturated carbocycles. The summed E-state index contributed by atoms with van der Waals surface area (Å²) in [5, 5.41) is 10.1. The predicted octanol–water partition coefficient (Wildman–Crippen LogP) is 2.64. The molecular formula is C17H19FN2O2S. The van der Waals surface area contributed by atoms with Gasteiger partial charge >= 0.3 is 0 Å². The van der Waals surface area contributed by atoms with E-state index < -0.39 is 0 Å². The Balaban J connectivity index is 1.73. The zero-order valence-corrected chi connectivity index (χ0v) is 13.8. The molecule has 1 unspecified atom stereocenters. The van der Waals surface area contributed by atoms with E-state index in [9.17, 15) is 14.3 Å². The van der Waals surface area contributed by atoms with Gasteiger partial charge in [0.1, 0.15) is 10.7 Å². The van der Waals surface area contributed by atoms with Crippen molar-refractivity contribution in [2.75, 3.05) is 19.7 Å². The van der Waals surface area contributed by atoms with Crippen molar-refractivity contribution in [3.05, 3.63) is 51.2 Å². The number of nitrogens with zero attached hydrogens (tertiary/aromatic N) is 2. The second-order valence-corrected chi connectivity index (χ2v) is 7.00. The highest BCUT2D eigenvalue weighted by Gasteiger charge is 2.28. The first-order chi connectivity index (χ1) is 11.1. The number of halogens is 1. The van der Waals surface area contributed by atoms with Gasteiger partial charge in [-0.05, 0) is 31.0 Å². The number of carbonyl (C=O) groups is 1. The lowest BCUT2D eigenvalue weighted by molar-refractivity contribution is 0.0785. The van der Waals surface area contributed by atoms with Gasteiger partial charge in [-0.15, -0.1) is 11.3 Å². The van der Waals surface area contributed by atoms with Crippen molar-refractivity contribution >= 4 is 17.2 Å². The molecule has 122 valence electrons. The topological polar surface area (TPSA) is 53.4 Å². The molecule has 0 radical (unpaired) electrons. The summed E-state index contributed by atoms with van der Waals surface area (Å²) in [7, 11) is 0.